The Bertz CT molecular complexity index is 231. The van der Waals surface area contributed by atoms with Crippen LogP contribution in [0.15, 0.2) is 0 Å². The summed E-state index contributed by atoms with van der Waals surface area (Å²) in [6.45, 7) is 7.11. The van der Waals surface area contributed by atoms with Crippen molar-refractivity contribution < 1.29 is 14.6 Å². The first-order valence-corrected chi connectivity index (χ1v) is 5.15. The third-order valence-electron chi connectivity index (χ3n) is 2.27. The zero-order valence-electron chi connectivity index (χ0n) is 9.59. The van der Waals surface area contributed by atoms with E-state index in [-0.39, 0.29) is 24.7 Å². The average Bonchev–Trinajstić information content (AvgIpc) is 2.07. The molecule has 1 fully saturated rings. The summed E-state index contributed by atoms with van der Waals surface area (Å²) in [6.07, 6.45) is 0. The van der Waals surface area contributed by atoms with Gasteiger partial charge in [-0.1, -0.05) is 0 Å². The second kappa shape index (κ2) is 4.47. The molecule has 1 heterocycles. The van der Waals surface area contributed by atoms with Crippen LogP contribution in [0.2, 0.25) is 0 Å². The third-order valence-corrected chi connectivity index (χ3v) is 2.27. The number of carbonyl (C=O) groups excluding carboxylic acids is 1. The van der Waals surface area contributed by atoms with Gasteiger partial charge in [-0.2, -0.15) is 0 Å². The van der Waals surface area contributed by atoms with E-state index in [0.717, 1.165) is 13.1 Å². The minimum atomic E-state index is -0.877. The number of aliphatic hydroxyl groups is 1. The molecule has 88 valence electrons. The Labute approximate surface area is 90.2 Å². The molecule has 1 amide bonds. The number of hydrogen-bond donors (Lipinski definition) is 3. The van der Waals surface area contributed by atoms with Crippen molar-refractivity contribution in [3.8, 4) is 0 Å². The van der Waals surface area contributed by atoms with Crippen molar-refractivity contribution in [1.82, 2.24) is 10.6 Å². The molecule has 0 spiro atoms. The topological polar surface area (TPSA) is 70.6 Å². The molecule has 5 heteroatoms. The number of carbonyl (C=O) groups is 1. The van der Waals surface area contributed by atoms with Crippen molar-refractivity contribution in [2.75, 3.05) is 26.2 Å². The third kappa shape index (κ3) is 4.59. The van der Waals surface area contributed by atoms with Gasteiger partial charge in [0.1, 0.15) is 6.61 Å². The quantitative estimate of drug-likeness (QED) is 0.565. The molecular weight excluding hydrogens is 196 g/mol. The van der Waals surface area contributed by atoms with Gasteiger partial charge in [0.2, 0.25) is 5.91 Å². The SMILES string of the molecule is CC(C)(O)CNC(=O)COC1(C)CNC1. The highest BCUT2D eigenvalue weighted by atomic mass is 16.5. The van der Waals surface area contributed by atoms with Crippen LogP contribution >= 0.6 is 0 Å². The van der Waals surface area contributed by atoms with E-state index < -0.39 is 5.60 Å². The van der Waals surface area contributed by atoms with Crippen LogP contribution in [0.5, 0.6) is 0 Å². The molecule has 0 unspecified atom stereocenters. The van der Waals surface area contributed by atoms with Gasteiger partial charge < -0.3 is 20.5 Å². The summed E-state index contributed by atoms with van der Waals surface area (Å²) in [4.78, 5) is 11.3. The highest BCUT2D eigenvalue weighted by molar-refractivity contribution is 5.77. The Kier molecular flexibility index (Phi) is 3.70. The Hall–Kier alpha value is -0.650. The molecule has 0 saturated carbocycles. The van der Waals surface area contributed by atoms with Gasteiger partial charge in [-0.05, 0) is 20.8 Å². The summed E-state index contributed by atoms with van der Waals surface area (Å²) < 4.78 is 5.44. The molecule has 0 aliphatic carbocycles. The molecule has 5 nitrogen and oxygen atoms in total. The van der Waals surface area contributed by atoms with Crippen molar-refractivity contribution in [2.45, 2.75) is 32.0 Å². The summed E-state index contributed by atoms with van der Waals surface area (Å²) >= 11 is 0. The molecule has 1 rings (SSSR count). The Balaban J connectivity index is 2.14. The highest BCUT2D eigenvalue weighted by Gasteiger charge is 2.33. The molecule has 3 N–H and O–H groups in total. The van der Waals surface area contributed by atoms with E-state index in [1.54, 1.807) is 13.8 Å². The maximum Gasteiger partial charge on any atom is 0.246 e. The van der Waals surface area contributed by atoms with Crippen LogP contribution in [-0.4, -0.2) is 48.5 Å². The van der Waals surface area contributed by atoms with Crippen molar-refractivity contribution in [1.29, 1.82) is 0 Å². The molecule has 0 atom stereocenters. The fraction of sp³-hybridized carbons (Fsp3) is 0.900. The largest absolute Gasteiger partial charge is 0.389 e. The Morgan fingerprint density at radius 2 is 2.20 bits per heavy atom. The van der Waals surface area contributed by atoms with E-state index in [0.29, 0.717) is 0 Å². The predicted molar refractivity (Wildman–Crippen MR) is 56.5 cm³/mol. The molecule has 15 heavy (non-hydrogen) atoms. The first kappa shape index (κ1) is 12.4. The molecule has 0 bridgehead atoms. The lowest BCUT2D eigenvalue weighted by Gasteiger charge is -2.38. The van der Waals surface area contributed by atoms with Crippen LogP contribution in [0.4, 0.5) is 0 Å². The van der Waals surface area contributed by atoms with Crippen molar-refractivity contribution in [3.63, 3.8) is 0 Å². The number of rotatable bonds is 5. The molecule has 1 aliphatic rings. The summed E-state index contributed by atoms with van der Waals surface area (Å²) in [6, 6.07) is 0. The zero-order chi connectivity index (χ0) is 11.5. The first-order chi connectivity index (χ1) is 6.81. The molecule has 1 aliphatic heterocycles. The Morgan fingerprint density at radius 3 is 2.60 bits per heavy atom. The normalized spacial score (nSPS) is 19.5. The lowest BCUT2D eigenvalue weighted by Crippen LogP contribution is -2.59. The standard InChI is InChI=1S/C10H20N2O3/c1-9(2,14)5-12-8(13)4-15-10(3)6-11-7-10/h11,14H,4-7H2,1-3H3,(H,12,13). The van der Waals surface area contributed by atoms with Gasteiger partial charge in [-0.3, -0.25) is 4.79 Å². The van der Waals surface area contributed by atoms with Crippen LogP contribution in [0.1, 0.15) is 20.8 Å². The monoisotopic (exact) mass is 216 g/mol. The van der Waals surface area contributed by atoms with Gasteiger partial charge in [0.25, 0.3) is 0 Å². The van der Waals surface area contributed by atoms with Crippen LogP contribution in [0.25, 0.3) is 0 Å². The van der Waals surface area contributed by atoms with Crippen LogP contribution < -0.4 is 10.6 Å². The maximum absolute atomic E-state index is 11.3. The predicted octanol–water partition coefficient (Wildman–Crippen LogP) is -0.748. The van der Waals surface area contributed by atoms with Crippen LogP contribution in [-0.2, 0) is 9.53 Å². The van der Waals surface area contributed by atoms with E-state index >= 15 is 0 Å². The highest BCUT2D eigenvalue weighted by Crippen LogP contribution is 2.14. The average molecular weight is 216 g/mol. The number of hydrogen-bond acceptors (Lipinski definition) is 4. The fourth-order valence-electron chi connectivity index (χ4n) is 1.18. The van der Waals surface area contributed by atoms with Gasteiger partial charge in [0.05, 0.1) is 11.2 Å². The second-order valence-corrected chi connectivity index (χ2v) is 4.93. The summed E-state index contributed by atoms with van der Waals surface area (Å²) in [5.41, 5.74) is -1.08. The van der Waals surface area contributed by atoms with Crippen LogP contribution in [0.3, 0.4) is 0 Å². The minimum absolute atomic E-state index is 0.0499. The van der Waals surface area contributed by atoms with Crippen LogP contribution in [0, 0.1) is 0 Å². The maximum atomic E-state index is 11.3. The minimum Gasteiger partial charge on any atom is -0.389 e. The number of nitrogens with one attached hydrogen (secondary N) is 2. The molecule has 0 aromatic carbocycles. The molecule has 1 saturated heterocycles. The number of amides is 1. The number of ether oxygens (including phenoxy) is 1. The van der Waals surface area contributed by atoms with Gasteiger partial charge in [-0.25, -0.2) is 0 Å². The smallest absolute Gasteiger partial charge is 0.246 e. The molecule has 0 aromatic heterocycles. The van der Waals surface area contributed by atoms with Gasteiger partial charge in [0, 0.05) is 19.6 Å². The van der Waals surface area contributed by atoms with E-state index in [4.69, 9.17) is 4.74 Å². The lowest BCUT2D eigenvalue weighted by atomic mass is 10.0. The molecule has 0 aromatic rings. The van der Waals surface area contributed by atoms with Crippen molar-refractivity contribution in [3.05, 3.63) is 0 Å². The Morgan fingerprint density at radius 1 is 1.60 bits per heavy atom. The first-order valence-electron chi connectivity index (χ1n) is 5.15. The lowest BCUT2D eigenvalue weighted by molar-refractivity contribution is -0.136. The van der Waals surface area contributed by atoms with E-state index in [2.05, 4.69) is 10.6 Å². The second-order valence-electron chi connectivity index (χ2n) is 4.93. The van der Waals surface area contributed by atoms with E-state index in [1.165, 1.54) is 0 Å². The summed E-state index contributed by atoms with van der Waals surface area (Å²) in [5, 5.41) is 15.1. The van der Waals surface area contributed by atoms with Crippen molar-refractivity contribution >= 4 is 5.91 Å². The molecule has 0 radical (unpaired) electrons. The van der Waals surface area contributed by atoms with E-state index in [1.807, 2.05) is 6.92 Å². The fourth-order valence-corrected chi connectivity index (χ4v) is 1.18. The van der Waals surface area contributed by atoms with E-state index in [9.17, 15) is 9.90 Å². The zero-order valence-corrected chi connectivity index (χ0v) is 9.59. The summed E-state index contributed by atoms with van der Waals surface area (Å²) in [5.74, 6) is -0.190. The van der Waals surface area contributed by atoms with Crippen molar-refractivity contribution in [2.24, 2.45) is 0 Å². The van der Waals surface area contributed by atoms with Gasteiger partial charge >= 0.3 is 0 Å². The summed E-state index contributed by atoms with van der Waals surface area (Å²) in [7, 11) is 0. The van der Waals surface area contributed by atoms with Gasteiger partial charge in [-0.15, -0.1) is 0 Å². The molecular formula is C10H20N2O3. The van der Waals surface area contributed by atoms with Gasteiger partial charge in [0.15, 0.2) is 0 Å².